The van der Waals surface area contributed by atoms with Crippen LogP contribution in [0.3, 0.4) is 0 Å². The molecule has 0 aliphatic carbocycles. The minimum Gasteiger partial charge on any atom is -0.495 e. The second-order valence-electron chi connectivity index (χ2n) is 3.71. The number of ether oxygens (including phenoxy) is 1. The lowest BCUT2D eigenvalue weighted by Gasteiger charge is -2.07. The van der Waals surface area contributed by atoms with E-state index in [1.54, 1.807) is 7.11 Å². The molecule has 3 heteroatoms. The highest BCUT2D eigenvalue weighted by Crippen LogP contribution is 2.28. The summed E-state index contributed by atoms with van der Waals surface area (Å²) in [5.74, 6) is 0.698. The molecule has 1 aromatic carbocycles. The molecule has 82 valence electrons. The number of benzene rings is 1. The van der Waals surface area contributed by atoms with Gasteiger partial charge in [0, 0.05) is 18.0 Å². The normalized spacial score (nSPS) is 10.1. The highest BCUT2D eigenvalue weighted by atomic mass is 16.5. The van der Waals surface area contributed by atoms with Gasteiger partial charge in [-0.1, -0.05) is 6.07 Å². The standard InChI is InChI=1S/C13H14N2O/c1-9-5-11(8-15-7-9)10-3-4-13(16-2)12(14)6-10/h3-8H,14H2,1-2H3. The van der Waals surface area contributed by atoms with Gasteiger partial charge in [0.15, 0.2) is 0 Å². The monoisotopic (exact) mass is 214 g/mol. The van der Waals surface area contributed by atoms with E-state index in [1.165, 1.54) is 0 Å². The third kappa shape index (κ3) is 1.98. The Morgan fingerprint density at radius 3 is 2.56 bits per heavy atom. The fourth-order valence-electron chi connectivity index (χ4n) is 1.63. The zero-order chi connectivity index (χ0) is 11.5. The van der Waals surface area contributed by atoms with Crippen LogP contribution in [0.4, 0.5) is 5.69 Å². The smallest absolute Gasteiger partial charge is 0.141 e. The molecule has 2 N–H and O–H groups in total. The van der Waals surface area contributed by atoms with Crippen LogP contribution in [-0.4, -0.2) is 12.1 Å². The zero-order valence-corrected chi connectivity index (χ0v) is 9.40. The quantitative estimate of drug-likeness (QED) is 0.782. The van der Waals surface area contributed by atoms with Crippen molar-refractivity contribution in [2.45, 2.75) is 6.92 Å². The SMILES string of the molecule is COc1ccc(-c2cncc(C)c2)cc1N. The number of aromatic nitrogens is 1. The van der Waals surface area contributed by atoms with Crippen molar-refractivity contribution in [1.82, 2.24) is 4.98 Å². The number of nitrogens with two attached hydrogens (primary N) is 1. The molecule has 0 saturated carbocycles. The van der Waals surface area contributed by atoms with Crippen LogP contribution in [0.25, 0.3) is 11.1 Å². The number of pyridine rings is 1. The van der Waals surface area contributed by atoms with Crippen LogP contribution in [0, 0.1) is 6.92 Å². The fourth-order valence-corrected chi connectivity index (χ4v) is 1.63. The molecule has 3 nitrogen and oxygen atoms in total. The predicted molar refractivity (Wildman–Crippen MR) is 65.4 cm³/mol. The lowest BCUT2D eigenvalue weighted by molar-refractivity contribution is 0.417. The fraction of sp³-hybridized carbons (Fsp3) is 0.154. The molecule has 0 spiro atoms. The Balaban J connectivity index is 2.45. The first kappa shape index (κ1) is 10.5. The second kappa shape index (κ2) is 4.23. The van der Waals surface area contributed by atoms with Crippen molar-refractivity contribution in [2.24, 2.45) is 0 Å². The van der Waals surface area contributed by atoms with Gasteiger partial charge in [-0.05, 0) is 36.2 Å². The van der Waals surface area contributed by atoms with Gasteiger partial charge in [0.1, 0.15) is 5.75 Å². The maximum atomic E-state index is 5.86. The largest absolute Gasteiger partial charge is 0.495 e. The maximum absolute atomic E-state index is 5.86. The number of hydrogen-bond acceptors (Lipinski definition) is 3. The Hall–Kier alpha value is -2.03. The van der Waals surface area contributed by atoms with Gasteiger partial charge in [-0.2, -0.15) is 0 Å². The average Bonchev–Trinajstić information content (AvgIpc) is 2.29. The number of nitrogens with zero attached hydrogens (tertiary/aromatic N) is 1. The van der Waals surface area contributed by atoms with Gasteiger partial charge in [-0.25, -0.2) is 0 Å². The molecular weight excluding hydrogens is 200 g/mol. The molecule has 16 heavy (non-hydrogen) atoms. The number of methoxy groups -OCH3 is 1. The Kier molecular flexibility index (Phi) is 2.77. The van der Waals surface area contributed by atoms with Crippen molar-refractivity contribution < 1.29 is 4.74 Å². The Bertz CT molecular complexity index is 509. The van der Waals surface area contributed by atoms with Crippen molar-refractivity contribution >= 4 is 5.69 Å². The van der Waals surface area contributed by atoms with Gasteiger partial charge < -0.3 is 10.5 Å². The number of rotatable bonds is 2. The van der Waals surface area contributed by atoms with Crippen LogP contribution in [-0.2, 0) is 0 Å². The van der Waals surface area contributed by atoms with Crippen LogP contribution in [0.15, 0.2) is 36.7 Å². The maximum Gasteiger partial charge on any atom is 0.141 e. The summed E-state index contributed by atoms with van der Waals surface area (Å²) in [6.07, 6.45) is 3.66. The zero-order valence-electron chi connectivity index (χ0n) is 9.40. The molecule has 0 aliphatic rings. The Labute approximate surface area is 94.9 Å². The molecule has 0 bridgehead atoms. The lowest BCUT2D eigenvalue weighted by Crippen LogP contribution is -1.92. The highest BCUT2D eigenvalue weighted by molar-refractivity contribution is 5.70. The van der Waals surface area contributed by atoms with Crippen molar-refractivity contribution in [3.05, 3.63) is 42.2 Å². The molecule has 1 aromatic heterocycles. The van der Waals surface area contributed by atoms with E-state index < -0.39 is 0 Å². The molecule has 2 aromatic rings. The van der Waals surface area contributed by atoms with E-state index in [0.717, 1.165) is 16.7 Å². The van der Waals surface area contributed by atoms with E-state index in [1.807, 2.05) is 37.5 Å². The lowest BCUT2D eigenvalue weighted by atomic mass is 10.1. The van der Waals surface area contributed by atoms with Gasteiger partial charge in [0.2, 0.25) is 0 Å². The molecule has 1 heterocycles. The van der Waals surface area contributed by atoms with E-state index in [4.69, 9.17) is 10.5 Å². The van der Waals surface area contributed by atoms with Gasteiger partial charge in [0.25, 0.3) is 0 Å². The van der Waals surface area contributed by atoms with Crippen LogP contribution in [0.1, 0.15) is 5.56 Å². The topological polar surface area (TPSA) is 48.1 Å². The second-order valence-corrected chi connectivity index (χ2v) is 3.71. The van der Waals surface area contributed by atoms with Gasteiger partial charge in [-0.15, -0.1) is 0 Å². The van der Waals surface area contributed by atoms with E-state index >= 15 is 0 Å². The Morgan fingerprint density at radius 1 is 1.12 bits per heavy atom. The minimum absolute atomic E-state index is 0.640. The summed E-state index contributed by atoms with van der Waals surface area (Å²) >= 11 is 0. The number of hydrogen-bond donors (Lipinski definition) is 1. The van der Waals surface area contributed by atoms with Crippen molar-refractivity contribution in [3.63, 3.8) is 0 Å². The average molecular weight is 214 g/mol. The van der Waals surface area contributed by atoms with E-state index in [9.17, 15) is 0 Å². The molecule has 0 atom stereocenters. The third-order valence-corrected chi connectivity index (χ3v) is 2.44. The van der Waals surface area contributed by atoms with E-state index in [0.29, 0.717) is 11.4 Å². The summed E-state index contributed by atoms with van der Waals surface area (Å²) in [5.41, 5.74) is 9.75. The summed E-state index contributed by atoms with van der Waals surface area (Å²) in [4.78, 5) is 4.16. The van der Waals surface area contributed by atoms with E-state index in [-0.39, 0.29) is 0 Å². The summed E-state index contributed by atoms with van der Waals surface area (Å²) in [6.45, 7) is 2.02. The summed E-state index contributed by atoms with van der Waals surface area (Å²) in [6, 6.07) is 7.82. The molecule has 0 fully saturated rings. The number of aryl methyl sites for hydroxylation is 1. The van der Waals surface area contributed by atoms with Crippen molar-refractivity contribution in [1.29, 1.82) is 0 Å². The first-order chi connectivity index (χ1) is 7.70. The molecule has 0 unspecified atom stereocenters. The summed E-state index contributed by atoms with van der Waals surface area (Å²) in [7, 11) is 1.61. The van der Waals surface area contributed by atoms with Gasteiger partial charge in [0.05, 0.1) is 12.8 Å². The summed E-state index contributed by atoms with van der Waals surface area (Å²) in [5, 5.41) is 0. The number of anilines is 1. The van der Waals surface area contributed by atoms with Crippen LogP contribution < -0.4 is 10.5 Å². The minimum atomic E-state index is 0.640. The first-order valence-electron chi connectivity index (χ1n) is 5.06. The Morgan fingerprint density at radius 2 is 1.94 bits per heavy atom. The van der Waals surface area contributed by atoms with Crippen molar-refractivity contribution in [2.75, 3.05) is 12.8 Å². The van der Waals surface area contributed by atoms with Crippen LogP contribution in [0.5, 0.6) is 5.75 Å². The molecule has 0 amide bonds. The highest BCUT2D eigenvalue weighted by Gasteiger charge is 2.03. The molecular formula is C13H14N2O. The molecule has 0 aliphatic heterocycles. The third-order valence-electron chi connectivity index (χ3n) is 2.44. The van der Waals surface area contributed by atoms with E-state index in [2.05, 4.69) is 11.1 Å². The van der Waals surface area contributed by atoms with Crippen LogP contribution in [0.2, 0.25) is 0 Å². The van der Waals surface area contributed by atoms with Gasteiger partial charge in [-0.3, -0.25) is 4.98 Å². The molecule has 0 saturated heterocycles. The molecule has 2 rings (SSSR count). The predicted octanol–water partition coefficient (Wildman–Crippen LogP) is 2.65. The summed E-state index contributed by atoms with van der Waals surface area (Å²) < 4.78 is 5.12. The van der Waals surface area contributed by atoms with Crippen LogP contribution >= 0.6 is 0 Å². The van der Waals surface area contributed by atoms with Crippen molar-refractivity contribution in [3.8, 4) is 16.9 Å². The van der Waals surface area contributed by atoms with Gasteiger partial charge >= 0.3 is 0 Å². The molecule has 0 radical (unpaired) electrons. The number of nitrogen functional groups attached to an aromatic ring is 1. The first-order valence-corrected chi connectivity index (χ1v) is 5.06.